The number of ether oxygens (including phenoxy) is 2. The van der Waals surface area contributed by atoms with Gasteiger partial charge in [0.1, 0.15) is 16.2 Å². The minimum absolute atomic E-state index is 0.0863. The van der Waals surface area contributed by atoms with Gasteiger partial charge in [-0.25, -0.2) is 0 Å². The van der Waals surface area contributed by atoms with E-state index in [-0.39, 0.29) is 23.5 Å². The summed E-state index contributed by atoms with van der Waals surface area (Å²) < 4.78 is 9.86. The van der Waals surface area contributed by atoms with Crippen molar-refractivity contribution in [1.29, 1.82) is 0 Å². The van der Waals surface area contributed by atoms with Crippen molar-refractivity contribution < 1.29 is 23.9 Å². The van der Waals surface area contributed by atoms with Gasteiger partial charge < -0.3 is 9.47 Å². The van der Waals surface area contributed by atoms with Gasteiger partial charge in [-0.05, 0) is 54.9 Å². The van der Waals surface area contributed by atoms with E-state index in [1.54, 1.807) is 50.4 Å². The highest BCUT2D eigenvalue weighted by molar-refractivity contribution is 8.16. The summed E-state index contributed by atoms with van der Waals surface area (Å²) in [6.45, 7) is 1.66. The largest absolute Gasteiger partial charge is 0.497 e. The van der Waals surface area contributed by atoms with Crippen LogP contribution in [0.1, 0.15) is 22.8 Å². The average Bonchev–Trinajstić information content (AvgIpc) is 2.92. The summed E-state index contributed by atoms with van der Waals surface area (Å²) in [6.07, 6.45) is 0.429. The number of rotatable bonds is 7. The molecule has 1 atom stereocenters. The number of amides is 2. The first-order chi connectivity index (χ1) is 12.9. The Hall–Kier alpha value is -2.80. The molecule has 2 amide bonds. The van der Waals surface area contributed by atoms with Crippen LogP contribution in [0.25, 0.3) is 0 Å². The molecule has 0 saturated carbocycles. The maximum absolute atomic E-state index is 12.2. The van der Waals surface area contributed by atoms with E-state index >= 15 is 0 Å². The normalized spacial score (nSPS) is 18.9. The van der Waals surface area contributed by atoms with Crippen LogP contribution >= 0.6 is 11.8 Å². The number of methoxy groups -OCH3 is 1. The number of ketones is 1. The third-order valence-electron chi connectivity index (χ3n) is 4.24. The first-order valence-electron chi connectivity index (χ1n) is 8.33. The van der Waals surface area contributed by atoms with Gasteiger partial charge in [-0.1, -0.05) is 24.3 Å². The molecule has 1 N–H and O–H groups in total. The second kappa shape index (κ2) is 7.84. The van der Waals surface area contributed by atoms with Gasteiger partial charge in [0.25, 0.3) is 5.24 Å². The molecule has 2 aromatic carbocycles. The van der Waals surface area contributed by atoms with Gasteiger partial charge in [0.05, 0.1) is 7.11 Å². The molecule has 1 fully saturated rings. The van der Waals surface area contributed by atoms with Gasteiger partial charge in [-0.15, -0.1) is 0 Å². The summed E-state index contributed by atoms with van der Waals surface area (Å²) in [5.74, 6) is 0.746. The summed E-state index contributed by atoms with van der Waals surface area (Å²) >= 11 is 1.00. The monoisotopic (exact) mass is 385 g/mol. The number of Topliss-reactive ketones (excluding diaryl/α,β-unsaturated/α-hetero) is 1. The van der Waals surface area contributed by atoms with Crippen molar-refractivity contribution in [3.63, 3.8) is 0 Å². The zero-order valence-electron chi connectivity index (χ0n) is 15.0. The number of nitrogens with one attached hydrogen (secondary N) is 1. The topological polar surface area (TPSA) is 81.7 Å². The Kier molecular flexibility index (Phi) is 5.51. The van der Waals surface area contributed by atoms with Crippen molar-refractivity contribution in [2.45, 2.75) is 18.1 Å². The number of benzene rings is 2. The smallest absolute Gasteiger partial charge is 0.286 e. The zero-order valence-corrected chi connectivity index (χ0v) is 15.8. The fourth-order valence-corrected chi connectivity index (χ4v) is 3.67. The van der Waals surface area contributed by atoms with Crippen LogP contribution in [0.15, 0.2) is 48.5 Å². The molecule has 0 bridgehead atoms. The van der Waals surface area contributed by atoms with E-state index < -0.39 is 4.75 Å². The highest BCUT2D eigenvalue weighted by Gasteiger charge is 2.43. The molecule has 27 heavy (non-hydrogen) atoms. The maximum atomic E-state index is 12.2. The van der Waals surface area contributed by atoms with E-state index in [4.69, 9.17) is 9.47 Å². The molecule has 6 nitrogen and oxygen atoms in total. The van der Waals surface area contributed by atoms with Crippen molar-refractivity contribution in [2.24, 2.45) is 0 Å². The molecule has 1 saturated heterocycles. The molecule has 0 unspecified atom stereocenters. The van der Waals surface area contributed by atoms with E-state index in [9.17, 15) is 14.4 Å². The van der Waals surface area contributed by atoms with Gasteiger partial charge in [0.2, 0.25) is 5.91 Å². The Morgan fingerprint density at radius 3 is 2.48 bits per heavy atom. The van der Waals surface area contributed by atoms with Crippen LogP contribution in [-0.4, -0.2) is 35.4 Å². The van der Waals surface area contributed by atoms with Crippen LogP contribution in [0, 0.1) is 0 Å². The van der Waals surface area contributed by atoms with Gasteiger partial charge >= 0.3 is 0 Å². The number of carbonyl (C=O) groups excluding carboxylic acids is 3. The molecule has 1 heterocycles. The lowest BCUT2D eigenvalue weighted by atomic mass is 9.99. The fourth-order valence-electron chi connectivity index (χ4n) is 2.74. The highest BCUT2D eigenvalue weighted by Crippen LogP contribution is 2.34. The van der Waals surface area contributed by atoms with Crippen LogP contribution < -0.4 is 14.8 Å². The van der Waals surface area contributed by atoms with E-state index in [0.29, 0.717) is 23.5 Å². The summed E-state index contributed by atoms with van der Waals surface area (Å²) in [7, 11) is 1.55. The summed E-state index contributed by atoms with van der Waals surface area (Å²) in [6, 6.07) is 14.1. The zero-order chi connectivity index (χ0) is 19.4. The third-order valence-corrected chi connectivity index (χ3v) is 5.31. The molecule has 0 spiro atoms. The van der Waals surface area contributed by atoms with E-state index in [0.717, 1.165) is 17.3 Å². The van der Waals surface area contributed by atoms with E-state index in [2.05, 4.69) is 5.32 Å². The first kappa shape index (κ1) is 19.0. The highest BCUT2D eigenvalue weighted by atomic mass is 32.2. The van der Waals surface area contributed by atoms with Crippen molar-refractivity contribution in [3.8, 4) is 11.5 Å². The molecule has 1 aliphatic heterocycles. The van der Waals surface area contributed by atoms with Crippen LogP contribution in [0.4, 0.5) is 4.79 Å². The number of imide groups is 1. The Bertz CT molecular complexity index is 880. The minimum atomic E-state index is -0.804. The molecule has 0 aliphatic carbocycles. The molecule has 2 aromatic rings. The first-order valence-corrected chi connectivity index (χ1v) is 9.15. The van der Waals surface area contributed by atoms with Crippen LogP contribution in [-0.2, 0) is 11.2 Å². The second-order valence-corrected chi connectivity index (χ2v) is 7.81. The molecule has 1 aliphatic rings. The van der Waals surface area contributed by atoms with E-state index in [1.165, 1.54) is 0 Å². The summed E-state index contributed by atoms with van der Waals surface area (Å²) in [5, 5.41) is 1.99. The molecule has 7 heteroatoms. The van der Waals surface area contributed by atoms with Crippen molar-refractivity contribution in [2.75, 3.05) is 13.7 Å². The van der Waals surface area contributed by atoms with Crippen molar-refractivity contribution in [3.05, 3.63) is 59.7 Å². The SMILES string of the molecule is COc1cccc(C(=O)COc2ccc(C[C@]3(C)SC(=O)NC3=O)cc2)c1. The Morgan fingerprint density at radius 1 is 1.11 bits per heavy atom. The van der Waals surface area contributed by atoms with Crippen molar-refractivity contribution in [1.82, 2.24) is 5.32 Å². The molecule has 0 radical (unpaired) electrons. The fraction of sp³-hybridized carbons (Fsp3) is 0.250. The lowest BCUT2D eigenvalue weighted by Crippen LogP contribution is -2.35. The average molecular weight is 385 g/mol. The lowest BCUT2D eigenvalue weighted by molar-refractivity contribution is -0.121. The standard InChI is InChI=1S/C20H19NO5S/c1-20(18(23)21-19(24)27-20)11-13-6-8-15(9-7-13)26-12-17(22)14-4-3-5-16(10-14)25-2/h3-10H,11-12H2,1-2H3,(H,21,23,24)/t20-/m0/s1. The third kappa shape index (κ3) is 4.49. The molecule has 140 valence electrons. The van der Waals surface area contributed by atoms with Crippen LogP contribution in [0.5, 0.6) is 11.5 Å². The van der Waals surface area contributed by atoms with Gasteiger partial charge in [-0.2, -0.15) is 0 Å². The summed E-state index contributed by atoms with van der Waals surface area (Å²) in [5.41, 5.74) is 1.43. The van der Waals surface area contributed by atoms with Gasteiger partial charge in [0, 0.05) is 5.56 Å². The van der Waals surface area contributed by atoms with E-state index in [1.807, 2.05) is 12.1 Å². The summed E-state index contributed by atoms with van der Waals surface area (Å²) in [4.78, 5) is 35.5. The predicted molar refractivity (Wildman–Crippen MR) is 103 cm³/mol. The Balaban J connectivity index is 1.58. The number of carbonyl (C=O) groups is 3. The molecule has 0 aromatic heterocycles. The Morgan fingerprint density at radius 2 is 1.85 bits per heavy atom. The molecule has 3 rings (SSSR count). The number of hydrogen-bond acceptors (Lipinski definition) is 6. The second-order valence-electron chi connectivity index (χ2n) is 6.34. The minimum Gasteiger partial charge on any atom is -0.497 e. The van der Waals surface area contributed by atoms with Gasteiger partial charge in [-0.3, -0.25) is 19.7 Å². The van der Waals surface area contributed by atoms with Crippen molar-refractivity contribution >= 4 is 28.7 Å². The number of thioether (sulfide) groups is 1. The van der Waals surface area contributed by atoms with Crippen LogP contribution in [0.3, 0.4) is 0 Å². The molecular formula is C20H19NO5S. The Labute approximate surface area is 161 Å². The van der Waals surface area contributed by atoms with Gasteiger partial charge in [0.15, 0.2) is 12.4 Å². The maximum Gasteiger partial charge on any atom is 0.286 e. The quantitative estimate of drug-likeness (QED) is 0.737. The van der Waals surface area contributed by atoms with Crippen LogP contribution in [0.2, 0.25) is 0 Å². The molecular weight excluding hydrogens is 366 g/mol. The lowest BCUT2D eigenvalue weighted by Gasteiger charge is -2.18. The number of hydrogen-bond donors (Lipinski definition) is 1. The predicted octanol–water partition coefficient (Wildman–Crippen LogP) is 3.24.